The zero-order valence-electron chi connectivity index (χ0n) is 18.3. The monoisotopic (exact) mass is 415 g/mol. The molecular weight excluding hydrogens is 386 g/mol. The molecule has 2 aliphatic heterocycles. The van der Waals surface area contributed by atoms with Crippen molar-refractivity contribution in [3.8, 4) is 11.1 Å². The van der Waals surface area contributed by atoms with E-state index in [1.807, 2.05) is 50.6 Å². The summed E-state index contributed by atoms with van der Waals surface area (Å²) in [6.07, 6.45) is 10.3. The van der Waals surface area contributed by atoms with Crippen molar-refractivity contribution >= 4 is 11.9 Å². The zero-order chi connectivity index (χ0) is 21.2. The van der Waals surface area contributed by atoms with Gasteiger partial charge in [-0.1, -0.05) is 0 Å². The van der Waals surface area contributed by atoms with E-state index in [2.05, 4.69) is 14.8 Å². The number of hydrogen-bond acceptors (Lipinski definition) is 7. The fourth-order valence-corrected chi connectivity index (χ4v) is 4.75. The molecule has 0 aliphatic carbocycles. The highest BCUT2D eigenvalue weighted by Crippen LogP contribution is 2.35. The number of nitrogens with zero attached hydrogens (tertiary/aromatic N) is 7. The van der Waals surface area contributed by atoms with Gasteiger partial charge in [-0.2, -0.15) is 0 Å². The van der Waals surface area contributed by atoms with E-state index < -0.39 is 0 Å². The topological polar surface area (TPSA) is 70.9 Å². The van der Waals surface area contributed by atoms with Gasteiger partial charge in [0.25, 0.3) is 0 Å². The molecule has 0 bridgehead atoms. The van der Waals surface area contributed by atoms with Crippen molar-refractivity contribution in [1.82, 2.24) is 24.9 Å². The number of anilines is 2. The van der Waals surface area contributed by atoms with Crippen molar-refractivity contribution in [3.05, 3.63) is 53.9 Å². The Morgan fingerprint density at radius 3 is 2.29 bits per heavy atom. The second-order valence-corrected chi connectivity index (χ2v) is 8.63. The lowest BCUT2D eigenvalue weighted by atomic mass is 9.90. The molecule has 7 heteroatoms. The Hall–Kier alpha value is -3.09. The number of rotatable bonds is 4. The third-order valence-corrected chi connectivity index (χ3v) is 6.25. The normalized spacial score (nSPS) is 19.1. The average molecular weight is 416 g/mol. The molecule has 0 aromatic carbocycles. The minimum Gasteiger partial charge on any atom is -0.341 e. The molecule has 3 aromatic heterocycles. The van der Waals surface area contributed by atoms with Gasteiger partial charge in [-0.3, -0.25) is 4.98 Å². The molecule has 0 N–H and O–H groups in total. The van der Waals surface area contributed by atoms with Gasteiger partial charge < -0.3 is 9.80 Å². The van der Waals surface area contributed by atoms with Gasteiger partial charge in [-0.15, -0.1) is 0 Å². The first-order chi connectivity index (χ1) is 15.2. The summed E-state index contributed by atoms with van der Waals surface area (Å²) in [5, 5.41) is 0. The fraction of sp³-hybridized carbons (Fsp3) is 0.458. The Kier molecular flexibility index (Phi) is 5.49. The van der Waals surface area contributed by atoms with Gasteiger partial charge in [0.05, 0.1) is 5.69 Å². The number of hydrogen-bond donors (Lipinski definition) is 0. The molecule has 2 saturated heterocycles. The molecule has 5 heterocycles. The smallest absolute Gasteiger partial charge is 0.225 e. The highest BCUT2D eigenvalue weighted by atomic mass is 15.3. The summed E-state index contributed by atoms with van der Waals surface area (Å²) >= 11 is 0. The quantitative estimate of drug-likeness (QED) is 0.639. The van der Waals surface area contributed by atoms with E-state index in [4.69, 9.17) is 19.9 Å². The van der Waals surface area contributed by atoms with Crippen LogP contribution >= 0.6 is 0 Å². The fourth-order valence-electron chi connectivity index (χ4n) is 4.75. The zero-order valence-corrected chi connectivity index (χ0v) is 18.3. The Morgan fingerprint density at radius 1 is 0.839 bits per heavy atom. The van der Waals surface area contributed by atoms with Gasteiger partial charge in [0.1, 0.15) is 0 Å². The van der Waals surface area contributed by atoms with Crippen LogP contribution in [0, 0.1) is 13.8 Å². The van der Waals surface area contributed by atoms with Crippen LogP contribution in [0.25, 0.3) is 11.1 Å². The van der Waals surface area contributed by atoms with Crippen molar-refractivity contribution in [3.63, 3.8) is 0 Å². The highest BCUT2D eigenvalue weighted by Gasteiger charge is 2.28. The Bertz CT molecular complexity index is 1030. The van der Waals surface area contributed by atoms with Crippen LogP contribution in [0.1, 0.15) is 48.7 Å². The van der Waals surface area contributed by atoms with Crippen LogP contribution < -0.4 is 9.80 Å². The highest BCUT2D eigenvalue weighted by molar-refractivity contribution is 5.66. The molecule has 0 spiro atoms. The molecule has 2 fully saturated rings. The summed E-state index contributed by atoms with van der Waals surface area (Å²) in [4.78, 5) is 28.1. The molecule has 1 atom stereocenters. The second kappa shape index (κ2) is 8.57. The van der Waals surface area contributed by atoms with Crippen LogP contribution in [0.5, 0.6) is 0 Å². The Labute approximate surface area is 183 Å². The average Bonchev–Trinajstić information content (AvgIpc) is 3.34. The molecule has 5 rings (SSSR count). The molecule has 160 valence electrons. The minimum atomic E-state index is 0.311. The number of aromatic nitrogens is 5. The van der Waals surface area contributed by atoms with E-state index >= 15 is 0 Å². The van der Waals surface area contributed by atoms with Gasteiger partial charge in [-0.25, -0.2) is 19.9 Å². The van der Waals surface area contributed by atoms with Crippen molar-refractivity contribution in [1.29, 1.82) is 0 Å². The lowest BCUT2D eigenvalue weighted by Gasteiger charge is -2.33. The van der Waals surface area contributed by atoms with Gasteiger partial charge in [0.2, 0.25) is 11.9 Å². The van der Waals surface area contributed by atoms with E-state index in [1.54, 1.807) is 0 Å². The first-order valence-electron chi connectivity index (χ1n) is 11.3. The van der Waals surface area contributed by atoms with Gasteiger partial charge in [0, 0.05) is 67.6 Å². The van der Waals surface area contributed by atoms with Crippen LogP contribution in [-0.2, 0) is 0 Å². The molecule has 7 nitrogen and oxygen atoms in total. The van der Waals surface area contributed by atoms with E-state index in [-0.39, 0.29) is 0 Å². The standard InChI is InChI=1S/C24H29N7/c1-17-14-18(2)28-24(27-17)31-13-5-6-20(16-31)22-21(19-7-9-25-10-8-19)15-26-23(29-22)30-11-3-4-12-30/h7-10,14-15,20H,3-6,11-13,16H2,1-2H3/t20-/m0/s1. The largest absolute Gasteiger partial charge is 0.341 e. The van der Waals surface area contributed by atoms with Crippen LogP contribution in [0.3, 0.4) is 0 Å². The minimum absolute atomic E-state index is 0.311. The summed E-state index contributed by atoms with van der Waals surface area (Å²) in [6.45, 7) is 8.01. The molecule has 0 saturated carbocycles. The lowest BCUT2D eigenvalue weighted by Crippen LogP contribution is -2.36. The first kappa shape index (κ1) is 19.8. The first-order valence-corrected chi connectivity index (χ1v) is 11.3. The predicted octanol–water partition coefficient (Wildman–Crippen LogP) is 3.93. The molecule has 2 aliphatic rings. The predicted molar refractivity (Wildman–Crippen MR) is 122 cm³/mol. The third-order valence-electron chi connectivity index (χ3n) is 6.25. The van der Waals surface area contributed by atoms with Crippen LogP contribution in [0.4, 0.5) is 11.9 Å². The maximum Gasteiger partial charge on any atom is 0.225 e. The van der Waals surface area contributed by atoms with Gasteiger partial charge >= 0.3 is 0 Å². The van der Waals surface area contributed by atoms with E-state index in [1.165, 1.54) is 12.8 Å². The Morgan fingerprint density at radius 2 is 1.55 bits per heavy atom. The van der Waals surface area contributed by atoms with Crippen molar-refractivity contribution in [2.75, 3.05) is 36.0 Å². The van der Waals surface area contributed by atoms with Crippen molar-refractivity contribution < 1.29 is 0 Å². The van der Waals surface area contributed by atoms with Crippen LogP contribution in [0.2, 0.25) is 0 Å². The van der Waals surface area contributed by atoms with Gasteiger partial charge in [0.15, 0.2) is 0 Å². The summed E-state index contributed by atoms with van der Waals surface area (Å²) in [5.41, 5.74) is 5.40. The maximum atomic E-state index is 5.14. The third kappa shape index (κ3) is 4.22. The molecule has 0 unspecified atom stereocenters. The van der Waals surface area contributed by atoms with E-state index in [0.717, 1.165) is 79.1 Å². The van der Waals surface area contributed by atoms with E-state index in [9.17, 15) is 0 Å². The lowest BCUT2D eigenvalue weighted by molar-refractivity contribution is 0.495. The number of aryl methyl sites for hydroxylation is 2. The summed E-state index contributed by atoms with van der Waals surface area (Å²) in [5.74, 6) is 2.01. The van der Waals surface area contributed by atoms with E-state index in [0.29, 0.717) is 5.92 Å². The number of pyridine rings is 1. The molecule has 0 radical (unpaired) electrons. The SMILES string of the molecule is Cc1cc(C)nc(N2CCC[C@H](c3nc(N4CCCC4)ncc3-c3ccncc3)C2)n1. The van der Waals surface area contributed by atoms with Crippen LogP contribution in [-0.4, -0.2) is 51.1 Å². The second-order valence-electron chi connectivity index (χ2n) is 8.63. The maximum absolute atomic E-state index is 5.14. The summed E-state index contributed by atoms with van der Waals surface area (Å²) in [7, 11) is 0. The van der Waals surface area contributed by atoms with Gasteiger partial charge in [-0.05, 0) is 63.3 Å². The Balaban J connectivity index is 1.51. The summed E-state index contributed by atoms with van der Waals surface area (Å²) in [6, 6.07) is 6.12. The van der Waals surface area contributed by atoms with Crippen molar-refractivity contribution in [2.24, 2.45) is 0 Å². The van der Waals surface area contributed by atoms with Crippen molar-refractivity contribution in [2.45, 2.75) is 45.4 Å². The number of piperidine rings is 1. The molecule has 31 heavy (non-hydrogen) atoms. The molecule has 3 aromatic rings. The van der Waals surface area contributed by atoms with Crippen LogP contribution in [0.15, 0.2) is 36.8 Å². The summed E-state index contributed by atoms with van der Waals surface area (Å²) < 4.78 is 0. The molecular formula is C24H29N7. The molecule has 0 amide bonds.